The van der Waals surface area contributed by atoms with Gasteiger partial charge in [0, 0.05) is 37.6 Å². The maximum atomic E-state index is 10.3. The number of morpholine rings is 1. The summed E-state index contributed by atoms with van der Waals surface area (Å²) in [6, 6.07) is 0.484. The molecule has 2 saturated heterocycles. The van der Waals surface area contributed by atoms with Crippen molar-refractivity contribution in [2.24, 2.45) is 11.8 Å². The van der Waals surface area contributed by atoms with Crippen LogP contribution in [0.1, 0.15) is 32.1 Å². The van der Waals surface area contributed by atoms with E-state index in [2.05, 4.69) is 4.90 Å². The standard InChI is InChI=1S/C16H27NO4/c18-13-9-12-14(21-15-3-1-2-6-20-15)10-11(13)16(12)17-4-7-19-8-5-17/h11-16,18H,1-10H2. The Morgan fingerprint density at radius 1 is 1.00 bits per heavy atom. The number of hydrogen-bond donors (Lipinski definition) is 1. The predicted octanol–water partition coefficient (Wildman–Crippen LogP) is 1.000. The first-order chi connectivity index (χ1) is 10.3. The molecule has 5 heteroatoms. The number of aliphatic hydroxyl groups excluding tert-OH is 1. The van der Waals surface area contributed by atoms with Crippen LogP contribution >= 0.6 is 0 Å². The lowest BCUT2D eigenvalue weighted by Crippen LogP contribution is -2.47. The number of nitrogens with zero attached hydrogens (tertiary/aromatic N) is 1. The molecule has 21 heavy (non-hydrogen) atoms. The number of ether oxygens (including phenoxy) is 3. The van der Waals surface area contributed by atoms with Gasteiger partial charge in [-0.05, 0) is 32.1 Å². The highest BCUT2D eigenvalue weighted by Crippen LogP contribution is 2.49. The van der Waals surface area contributed by atoms with Crippen molar-refractivity contribution in [2.45, 2.75) is 56.6 Å². The van der Waals surface area contributed by atoms with Crippen LogP contribution in [0.15, 0.2) is 0 Å². The lowest BCUT2D eigenvalue weighted by atomic mass is 9.95. The number of rotatable bonds is 3. The van der Waals surface area contributed by atoms with Crippen molar-refractivity contribution >= 4 is 0 Å². The van der Waals surface area contributed by atoms with Gasteiger partial charge in [0.15, 0.2) is 6.29 Å². The van der Waals surface area contributed by atoms with Gasteiger partial charge in [-0.3, -0.25) is 4.90 Å². The third kappa shape index (κ3) is 2.75. The second-order valence-electron chi connectivity index (χ2n) is 6.98. The topological polar surface area (TPSA) is 51.2 Å². The summed E-state index contributed by atoms with van der Waals surface area (Å²) in [6.45, 7) is 4.47. The van der Waals surface area contributed by atoms with Gasteiger partial charge in [-0.1, -0.05) is 0 Å². The molecule has 2 aliphatic carbocycles. The highest BCUT2D eigenvalue weighted by atomic mass is 16.7. The largest absolute Gasteiger partial charge is 0.393 e. The molecule has 0 radical (unpaired) electrons. The second kappa shape index (κ2) is 6.13. The Balaban J connectivity index is 1.41. The molecule has 2 heterocycles. The lowest BCUT2D eigenvalue weighted by molar-refractivity contribution is -0.200. The Kier molecular flexibility index (Phi) is 4.20. The Labute approximate surface area is 126 Å². The molecule has 1 N–H and O–H groups in total. The Hall–Kier alpha value is -0.200. The summed E-state index contributed by atoms with van der Waals surface area (Å²) in [5.74, 6) is 0.843. The molecule has 6 atom stereocenters. The molecule has 0 aromatic rings. The molecule has 4 fully saturated rings. The molecule has 0 aromatic heterocycles. The summed E-state index contributed by atoms with van der Waals surface area (Å²) < 4.78 is 17.5. The SMILES string of the molecule is OC1CC2C(OC3CCCCO3)CC1C2N1CCOCC1. The van der Waals surface area contributed by atoms with Gasteiger partial charge in [0.2, 0.25) is 0 Å². The molecule has 0 spiro atoms. The first-order valence-corrected chi connectivity index (χ1v) is 8.60. The van der Waals surface area contributed by atoms with Gasteiger partial charge in [-0.15, -0.1) is 0 Å². The van der Waals surface area contributed by atoms with Gasteiger partial charge < -0.3 is 19.3 Å². The van der Waals surface area contributed by atoms with Gasteiger partial charge in [0.25, 0.3) is 0 Å². The Bertz CT molecular complexity index is 354. The lowest BCUT2D eigenvalue weighted by Gasteiger charge is -2.35. The molecular formula is C16H27NO4. The highest BCUT2D eigenvalue weighted by molar-refractivity contribution is 5.07. The minimum absolute atomic E-state index is 0.00872. The van der Waals surface area contributed by atoms with Crippen molar-refractivity contribution in [2.75, 3.05) is 32.9 Å². The fourth-order valence-corrected chi connectivity index (χ4v) is 4.84. The van der Waals surface area contributed by atoms with Crippen molar-refractivity contribution in [3.8, 4) is 0 Å². The molecule has 2 aliphatic heterocycles. The summed E-state index contributed by atoms with van der Waals surface area (Å²) in [5, 5.41) is 10.3. The zero-order valence-electron chi connectivity index (χ0n) is 12.7. The fourth-order valence-electron chi connectivity index (χ4n) is 4.84. The van der Waals surface area contributed by atoms with Crippen LogP contribution in [0.3, 0.4) is 0 Å². The average molecular weight is 297 g/mol. The van der Waals surface area contributed by atoms with Gasteiger partial charge in [-0.25, -0.2) is 0 Å². The van der Waals surface area contributed by atoms with E-state index in [9.17, 15) is 5.11 Å². The smallest absolute Gasteiger partial charge is 0.157 e. The second-order valence-corrected chi connectivity index (χ2v) is 6.98. The van der Waals surface area contributed by atoms with E-state index in [0.29, 0.717) is 17.9 Å². The van der Waals surface area contributed by atoms with Crippen molar-refractivity contribution < 1.29 is 19.3 Å². The number of aliphatic hydroxyl groups is 1. The van der Waals surface area contributed by atoms with E-state index < -0.39 is 0 Å². The highest BCUT2D eigenvalue weighted by Gasteiger charge is 2.55. The van der Waals surface area contributed by atoms with Gasteiger partial charge in [0.05, 0.1) is 25.4 Å². The van der Waals surface area contributed by atoms with Crippen LogP contribution in [0, 0.1) is 11.8 Å². The van der Waals surface area contributed by atoms with Crippen LogP contribution in [-0.4, -0.2) is 67.5 Å². The fraction of sp³-hybridized carbons (Fsp3) is 1.00. The van der Waals surface area contributed by atoms with Crippen LogP contribution in [0.2, 0.25) is 0 Å². The summed E-state index contributed by atoms with van der Waals surface area (Å²) in [6.07, 6.45) is 5.40. The number of hydrogen-bond acceptors (Lipinski definition) is 5. The molecule has 0 aromatic carbocycles. The molecule has 4 aliphatic rings. The van der Waals surface area contributed by atoms with E-state index in [-0.39, 0.29) is 18.5 Å². The molecular weight excluding hydrogens is 270 g/mol. The Morgan fingerprint density at radius 3 is 2.62 bits per heavy atom. The van der Waals surface area contributed by atoms with Crippen molar-refractivity contribution in [3.63, 3.8) is 0 Å². The van der Waals surface area contributed by atoms with Crippen LogP contribution in [-0.2, 0) is 14.2 Å². The van der Waals surface area contributed by atoms with Gasteiger partial charge >= 0.3 is 0 Å². The van der Waals surface area contributed by atoms with Crippen LogP contribution < -0.4 is 0 Å². The Morgan fingerprint density at radius 2 is 1.86 bits per heavy atom. The molecule has 2 bridgehead atoms. The van der Waals surface area contributed by atoms with E-state index in [4.69, 9.17) is 14.2 Å². The van der Waals surface area contributed by atoms with E-state index in [1.807, 2.05) is 0 Å². The van der Waals surface area contributed by atoms with E-state index in [1.165, 1.54) is 6.42 Å². The van der Waals surface area contributed by atoms with Crippen LogP contribution in [0.25, 0.3) is 0 Å². The third-order valence-electron chi connectivity index (χ3n) is 5.80. The van der Waals surface area contributed by atoms with Gasteiger partial charge in [0.1, 0.15) is 0 Å². The zero-order valence-corrected chi connectivity index (χ0v) is 12.7. The van der Waals surface area contributed by atoms with Crippen LogP contribution in [0.4, 0.5) is 0 Å². The maximum Gasteiger partial charge on any atom is 0.157 e. The summed E-state index contributed by atoms with van der Waals surface area (Å²) in [4.78, 5) is 2.53. The molecule has 6 unspecified atom stereocenters. The van der Waals surface area contributed by atoms with Crippen molar-refractivity contribution in [1.29, 1.82) is 0 Å². The minimum Gasteiger partial charge on any atom is -0.393 e. The number of fused-ring (bicyclic) bond motifs is 2. The van der Waals surface area contributed by atoms with Crippen LogP contribution in [0.5, 0.6) is 0 Å². The average Bonchev–Trinajstić information content (AvgIpc) is 3.03. The maximum absolute atomic E-state index is 10.3. The molecule has 2 saturated carbocycles. The summed E-state index contributed by atoms with van der Waals surface area (Å²) in [5.41, 5.74) is 0. The molecule has 5 nitrogen and oxygen atoms in total. The quantitative estimate of drug-likeness (QED) is 0.842. The molecule has 120 valence electrons. The summed E-state index contributed by atoms with van der Waals surface area (Å²) in [7, 11) is 0. The van der Waals surface area contributed by atoms with Crippen molar-refractivity contribution in [3.05, 3.63) is 0 Å². The molecule has 4 rings (SSSR count). The monoisotopic (exact) mass is 297 g/mol. The van der Waals surface area contributed by atoms with Crippen molar-refractivity contribution in [1.82, 2.24) is 4.90 Å². The van der Waals surface area contributed by atoms with E-state index in [1.54, 1.807) is 0 Å². The normalized spacial score (nSPS) is 47.9. The minimum atomic E-state index is -0.144. The first-order valence-electron chi connectivity index (χ1n) is 8.60. The first kappa shape index (κ1) is 14.4. The van der Waals surface area contributed by atoms with Gasteiger partial charge in [-0.2, -0.15) is 0 Å². The van der Waals surface area contributed by atoms with E-state index in [0.717, 1.165) is 58.6 Å². The van der Waals surface area contributed by atoms with E-state index >= 15 is 0 Å². The zero-order chi connectivity index (χ0) is 14.2. The predicted molar refractivity (Wildman–Crippen MR) is 76.9 cm³/mol. The molecule has 0 amide bonds. The third-order valence-corrected chi connectivity index (χ3v) is 5.80. The summed E-state index contributed by atoms with van der Waals surface area (Å²) >= 11 is 0.